The van der Waals surface area contributed by atoms with Gasteiger partial charge in [0.05, 0.1) is 11.0 Å². The van der Waals surface area contributed by atoms with E-state index in [-0.39, 0.29) is 23.1 Å². The van der Waals surface area contributed by atoms with Gasteiger partial charge in [-0.2, -0.15) is 5.26 Å². The number of nitro benzene ring substituents is 1. The van der Waals surface area contributed by atoms with Crippen molar-refractivity contribution in [2.24, 2.45) is 5.92 Å². The fourth-order valence-corrected chi connectivity index (χ4v) is 2.24. The Bertz CT molecular complexity index is 615. The van der Waals surface area contributed by atoms with Gasteiger partial charge >= 0.3 is 0 Å². The van der Waals surface area contributed by atoms with E-state index in [0.29, 0.717) is 5.56 Å². The molecular formula is C15H17N3O3. The summed E-state index contributed by atoms with van der Waals surface area (Å²) in [7, 11) is 0. The van der Waals surface area contributed by atoms with E-state index >= 15 is 0 Å². The molecule has 1 aromatic rings. The van der Waals surface area contributed by atoms with Crippen LogP contribution in [0.15, 0.2) is 18.2 Å². The molecule has 21 heavy (non-hydrogen) atoms. The molecule has 1 aliphatic rings. The first-order valence-corrected chi connectivity index (χ1v) is 6.93. The Hall–Kier alpha value is -2.42. The number of carbonyl (C=O) groups is 1. The van der Waals surface area contributed by atoms with Crippen molar-refractivity contribution in [2.75, 3.05) is 0 Å². The molecule has 6 nitrogen and oxygen atoms in total. The van der Waals surface area contributed by atoms with Crippen LogP contribution in [0.3, 0.4) is 0 Å². The number of nitrogens with one attached hydrogen (secondary N) is 1. The molecule has 0 spiro atoms. The lowest BCUT2D eigenvalue weighted by molar-refractivity contribution is -0.385. The molecule has 6 heteroatoms. The van der Waals surface area contributed by atoms with Gasteiger partial charge in [-0.05, 0) is 30.7 Å². The Morgan fingerprint density at radius 3 is 2.62 bits per heavy atom. The lowest BCUT2D eigenvalue weighted by Crippen LogP contribution is -2.35. The molecule has 1 aliphatic carbocycles. The molecule has 1 unspecified atom stereocenters. The summed E-state index contributed by atoms with van der Waals surface area (Å²) >= 11 is 0. The second-order valence-corrected chi connectivity index (χ2v) is 5.60. The van der Waals surface area contributed by atoms with Crippen LogP contribution in [-0.2, 0) is 0 Å². The average molecular weight is 287 g/mol. The molecule has 110 valence electrons. The van der Waals surface area contributed by atoms with Gasteiger partial charge in [-0.3, -0.25) is 14.9 Å². The fourth-order valence-electron chi connectivity index (χ4n) is 2.24. The number of hydrogen-bond donors (Lipinski definition) is 1. The van der Waals surface area contributed by atoms with Crippen LogP contribution in [0.1, 0.15) is 48.5 Å². The summed E-state index contributed by atoms with van der Waals surface area (Å²) < 4.78 is 0. The summed E-state index contributed by atoms with van der Waals surface area (Å²) in [5.74, 6) is -0.225. The molecule has 0 radical (unpaired) electrons. The van der Waals surface area contributed by atoms with Crippen molar-refractivity contribution in [2.45, 2.75) is 38.6 Å². The fraction of sp³-hybridized carbons (Fsp3) is 0.467. The first kappa shape index (κ1) is 15.0. The van der Waals surface area contributed by atoms with Crippen molar-refractivity contribution in [3.05, 3.63) is 39.4 Å². The standard InChI is InChI=1S/C15H17N3O3/c1-9(2)12-6-5-11(7-14(12)18(20)21)15(19)17-13(8-16)10-3-4-10/h5-7,9-10,13H,3-4H2,1-2H3,(H,17,19). The normalized spacial score (nSPS) is 15.3. The van der Waals surface area contributed by atoms with Gasteiger partial charge in [0.1, 0.15) is 6.04 Å². The average Bonchev–Trinajstić information content (AvgIpc) is 3.28. The highest BCUT2D eigenvalue weighted by atomic mass is 16.6. The molecule has 0 aliphatic heterocycles. The predicted octanol–water partition coefficient (Wildman–Crippen LogP) is 2.75. The molecule has 1 saturated carbocycles. The van der Waals surface area contributed by atoms with E-state index in [1.807, 2.05) is 13.8 Å². The molecule has 0 heterocycles. The molecule has 0 saturated heterocycles. The zero-order valence-electron chi connectivity index (χ0n) is 12.0. The van der Waals surface area contributed by atoms with Crippen LogP contribution < -0.4 is 5.32 Å². The van der Waals surface area contributed by atoms with Gasteiger partial charge in [-0.25, -0.2) is 0 Å². The SMILES string of the molecule is CC(C)c1ccc(C(=O)NC(C#N)C2CC2)cc1[N+](=O)[O-]. The van der Waals surface area contributed by atoms with Gasteiger partial charge in [-0.1, -0.05) is 19.9 Å². The Morgan fingerprint density at radius 2 is 2.14 bits per heavy atom. The zero-order valence-corrected chi connectivity index (χ0v) is 12.0. The smallest absolute Gasteiger partial charge is 0.273 e. The van der Waals surface area contributed by atoms with Gasteiger partial charge < -0.3 is 5.32 Å². The van der Waals surface area contributed by atoms with Crippen LogP contribution in [0.25, 0.3) is 0 Å². The molecule has 1 atom stereocenters. The van der Waals surface area contributed by atoms with Crippen LogP contribution in [0, 0.1) is 27.4 Å². The molecule has 1 N–H and O–H groups in total. The van der Waals surface area contributed by atoms with E-state index in [4.69, 9.17) is 5.26 Å². The van der Waals surface area contributed by atoms with Gasteiger partial charge in [0.15, 0.2) is 0 Å². The maximum Gasteiger partial charge on any atom is 0.273 e. The van der Waals surface area contributed by atoms with E-state index in [2.05, 4.69) is 11.4 Å². The Kier molecular flexibility index (Phi) is 4.22. The molecule has 1 fully saturated rings. The number of nitriles is 1. The number of nitrogens with zero attached hydrogens (tertiary/aromatic N) is 2. The third kappa shape index (κ3) is 3.37. The van der Waals surface area contributed by atoms with Crippen LogP contribution in [0.5, 0.6) is 0 Å². The summed E-state index contributed by atoms with van der Waals surface area (Å²) in [6.07, 6.45) is 1.87. The zero-order chi connectivity index (χ0) is 15.6. The van der Waals surface area contributed by atoms with Crippen molar-refractivity contribution >= 4 is 11.6 Å². The lowest BCUT2D eigenvalue weighted by atomic mass is 9.99. The van der Waals surface area contributed by atoms with Crippen molar-refractivity contribution in [3.8, 4) is 6.07 Å². The first-order valence-electron chi connectivity index (χ1n) is 6.93. The molecular weight excluding hydrogens is 270 g/mol. The van der Waals surface area contributed by atoms with E-state index in [9.17, 15) is 14.9 Å². The first-order chi connectivity index (χ1) is 9.93. The van der Waals surface area contributed by atoms with E-state index < -0.39 is 16.9 Å². The topological polar surface area (TPSA) is 96.0 Å². The second-order valence-electron chi connectivity index (χ2n) is 5.60. The van der Waals surface area contributed by atoms with E-state index in [1.54, 1.807) is 12.1 Å². The van der Waals surface area contributed by atoms with Gasteiger partial charge in [0.2, 0.25) is 0 Å². The van der Waals surface area contributed by atoms with Crippen molar-refractivity contribution in [1.29, 1.82) is 5.26 Å². The second kappa shape index (κ2) is 5.92. The molecule has 0 aromatic heterocycles. The number of nitro groups is 1. The van der Waals surface area contributed by atoms with Gasteiger partial charge in [0.25, 0.3) is 11.6 Å². The minimum atomic E-state index is -0.513. The predicted molar refractivity (Wildman–Crippen MR) is 76.8 cm³/mol. The summed E-state index contributed by atoms with van der Waals surface area (Å²) in [6.45, 7) is 3.72. The van der Waals surface area contributed by atoms with Crippen LogP contribution in [0.2, 0.25) is 0 Å². The minimum absolute atomic E-state index is 0.000771. The molecule has 0 bridgehead atoms. The quantitative estimate of drug-likeness (QED) is 0.665. The van der Waals surface area contributed by atoms with Gasteiger partial charge in [-0.15, -0.1) is 0 Å². The maximum absolute atomic E-state index is 12.1. The highest BCUT2D eigenvalue weighted by Gasteiger charge is 2.32. The molecule has 1 aromatic carbocycles. The molecule has 1 amide bonds. The third-order valence-corrected chi connectivity index (χ3v) is 3.63. The lowest BCUT2D eigenvalue weighted by Gasteiger charge is -2.12. The van der Waals surface area contributed by atoms with Crippen LogP contribution in [-0.4, -0.2) is 16.9 Å². The highest BCUT2D eigenvalue weighted by molar-refractivity contribution is 5.95. The van der Waals surface area contributed by atoms with Crippen molar-refractivity contribution < 1.29 is 9.72 Å². The minimum Gasteiger partial charge on any atom is -0.336 e. The number of hydrogen-bond acceptors (Lipinski definition) is 4. The maximum atomic E-state index is 12.1. The number of rotatable bonds is 5. The highest BCUT2D eigenvalue weighted by Crippen LogP contribution is 2.32. The summed E-state index contributed by atoms with van der Waals surface area (Å²) in [6, 6.07) is 6.01. The Morgan fingerprint density at radius 1 is 1.48 bits per heavy atom. The monoisotopic (exact) mass is 287 g/mol. The Labute approximate surface area is 122 Å². The van der Waals surface area contributed by atoms with Crippen LogP contribution >= 0.6 is 0 Å². The largest absolute Gasteiger partial charge is 0.336 e. The van der Waals surface area contributed by atoms with E-state index in [1.165, 1.54) is 6.07 Å². The summed E-state index contributed by atoms with van der Waals surface area (Å²) in [4.78, 5) is 22.8. The Balaban J connectivity index is 2.23. The number of amides is 1. The van der Waals surface area contributed by atoms with Crippen LogP contribution in [0.4, 0.5) is 5.69 Å². The van der Waals surface area contributed by atoms with Crippen molar-refractivity contribution in [1.82, 2.24) is 5.32 Å². The summed E-state index contributed by atoms with van der Waals surface area (Å²) in [5, 5.41) is 22.8. The third-order valence-electron chi connectivity index (χ3n) is 3.63. The number of carbonyl (C=O) groups excluding carboxylic acids is 1. The van der Waals surface area contributed by atoms with Crippen molar-refractivity contribution in [3.63, 3.8) is 0 Å². The summed E-state index contributed by atoms with van der Waals surface area (Å²) in [5.41, 5.74) is 0.750. The van der Waals surface area contributed by atoms with E-state index in [0.717, 1.165) is 12.8 Å². The molecule has 2 rings (SSSR count). The van der Waals surface area contributed by atoms with Gasteiger partial charge in [0, 0.05) is 17.2 Å². The number of benzene rings is 1.